The van der Waals surface area contributed by atoms with E-state index in [0.29, 0.717) is 6.61 Å². The van der Waals surface area contributed by atoms with Gasteiger partial charge in [0, 0.05) is 0 Å². The normalized spacial score (nSPS) is 33.6. The molecule has 0 saturated carbocycles. The third-order valence-electron chi connectivity index (χ3n) is 3.71. The van der Waals surface area contributed by atoms with Crippen LogP contribution in [0.25, 0.3) is 0 Å². The van der Waals surface area contributed by atoms with Crippen LogP contribution in [0.1, 0.15) is 32.6 Å². The number of hydrogen-bond acceptors (Lipinski definition) is 4. The maximum Gasteiger partial charge on any atom is 0.239 e. The Morgan fingerprint density at radius 2 is 2.17 bits per heavy atom. The van der Waals surface area contributed by atoms with Crippen LogP contribution in [-0.2, 0) is 14.3 Å². The average Bonchev–Trinajstić information content (AvgIpc) is 2.71. The van der Waals surface area contributed by atoms with E-state index in [1.807, 2.05) is 0 Å². The van der Waals surface area contributed by atoms with Gasteiger partial charge >= 0.3 is 0 Å². The molecule has 18 heavy (non-hydrogen) atoms. The molecule has 2 atom stereocenters. The first-order valence-electron chi connectivity index (χ1n) is 6.76. The summed E-state index contributed by atoms with van der Waals surface area (Å²) in [5.74, 6) is 4.00. The van der Waals surface area contributed by atoms with Crippen molar-refractivity contribution in [2.45, 2.75) is 44.5 Å². The molecule has 6 nitrogen and oxygen atoms in total. The van der Waals surface area contributed by atoms with Crippen molar-refractivity contribution in [3.05, 3.63) is 0 Å². The fraction of sp³-hybridized carbons (Fsp3) is 0.917. The molecule has 2 aliphatic rings. The van der Waals surface area contributed by atoms with Gasteiger partial charge in [-0.3, -0.25) is 10.2 Å². The van der Waals surface area contributed by atoms with Crippen molar-refractivity contribution in [3.8, 4) is 0 Å². The van der Waals surface area contributed by atoms with Crippen LogP contribution in [0.15, 0.2) is 0 Å². The zero-order valence-corrected chi connectivity index (χ0v) is 11.0. The Balaban J connectivity index is 1.78. The van der Waals surface area contributed by atoms with Gasteiger partial charge in [0.1, 0.15) is 12.6 Å². The first-order valence-corrected chi connectivity index (χ1v) is 6.76. The van der Waals surface area contributed by atoms with Crippen LogP contribution < -0.4 is 16.2 Å². The first-order chi connectivity index (χ1) is 8.61. The average molecular weight is 258 g/mol. The minimum absolute atomic E-state index is 0.0914. The highest BCUT2D eigenvalue weighted by atomic mass is 16.7. The van der Waals surface area contributed by atoms with E-state index >= 15 is 0 Å². The molecule has 0 aromatic carbocycles. The van der Waals surface area contributed by atoms with Gasteiger partial charge in [-0.2, -0.15) is 0 Å². The Bertz CT molecular complexity index is 294. The van der Waals surface area contributed by atoms with Crippen LogP contribution in [0.5, 0.6) is 0 Å². The minimum atomic E-state index is -0.816. The quantitative estimate of drug-likeness (QED) is 0.328. The maximum atomic E-state index is 11.3. The number of ether oxygens (including phenoxy) is 2. The molecule has 0 unspecified atom stereocenters. The van der Waals surface area contributed by atoms with Gasteiger partial charge in [0.2, 0.25) is 5.91 Å². The standard InChI is InChI=1S/C12H23N3O3/c1-12(7-11(16)14-13)17-9-10(18-12)8-15-5-3-2-4-6-15/h10H,2-9,13H2,1H3,(H,14,16)/p+1/t10-,12-/m0/s1. The van der Waals surface area contributed by atoms with Gasteiger partial charge in [0.15, 0.2) is 5.79 Å². The molecule has 2 fully saturated rings. The van der Waals surface area contributed by atoms with Gasteiger partial charge in [-0.15, -0.1) is 0 Å². The monoisotopic (exact) mass is 258 g/mol. The molecule has 2 saturated heterocycles. The molecule has 1 amide bonds. The van der Waals surface area contributed by atoms with Crippen molar-refractivity contribution >= 4 is 5.91 Å². The van der Waals surface area contributed by atoms with Crippen LogP contribution in [-0.4, -0.2) is 44.0 Å². The second-order valence-corrected chi connectivity index (χ2v) is 5.44. The minimum Gasteiger partial charge on any atom is -0.347 e. The summed E-state index contributed by atoms with van der Waals surface area (Å²) in [6.07, 6.45) is 4.19. The SMILES string of the molecule is C[C@]1(CC(=O)NN)OC[C@H](C[NH+]2CCCCC2)O1. The molecular formula is C12H24N3O3+. The van der Waals surface area contributed by atoms with E-state index in [4.69, 9.17) is 15.3 Å². The molecule has 104 valence electrons. The maximum absolute atomic E-state index is 11.3. The lowest BCUT2D eigenvalue weighted by Crippen LogP contribution is -3.13. The highest BCUT2D eigenvalue weighted by Crippen LogP contribution is 2.26. The summed E-state index contributed by atoms with van der Waals surface area (Å²) in [5, 5.41) is 0. The van der Waals surface area contributed by atoms with Crippen LogP contribution in [0, 0.1) is 0 Å². The van der Waals surface area contributed by atoms with Gasteiger partial charge in [-0.1, -0.05) is 0 Å². The molecule has 2 aliphatic heterocycles. The van der Waals surface area contributed by atoms with Crippen LogP contribution >= 0.6 is 0 Å². The highest BCUT2D eigenvalue weighted by molar-refractivity contribution is 5.76. The van der Waals surface area contributed by atoms with Gasteiger partial charge < -0.3 is 14.4 Å². The number of rotatable bonds is 4. The molecule has 0 bridgehead atoms. The van der Waals surface area contributed by atoms with E-state index < -0.39 is 5.79 Å². The molecule has 2 heterocycles. The summed E-state index contributed by atoms with van der Waals surface area (Å²) >= 11 is 0. The van der Waals surface area contributed by atoms with E-state index in [-0.39, 0.29) is 18.4 Å². The molecular weight excluding hydrogens is 234 g/mol. The summed E-state index contributed by atoms with van der Waals surface area (Å²) < 4.78 is 11.5. The van der Waals surface area contributed by atoms with E-state index in [1.54, 1.807) is 11.8 Å². The second kappa shape index (κ2) is 5.97. The molecule has 2 rings (SSSR count). The number of piperidine rings is 1. The number of nitrogens with two attached hydrogens (primary N) is 1. The highest BCUT2D eigenvalue weighted by Gasteiger charge is 2.40. The van der Waals surface area contributed by atoms with E-state index in [0.717, 1.165) is 6.54 Å². The second-order valence-electron chi connectivity index (χ2n) is 5.44. The molecule has 4 N–H and O–H groups in total. The largest absolute Gasteiger partial charge is 0.347 e. The van der Waals surface area contributed by atoms with E-state index in [2.05, 4.69) is 5.43 Å². The molecule has 6 heteroatoms. The Hall–Kier alpha value is -0.690. The number of nitrogens with one attached hydrogen (secondary N) is 2. The number of carbonyl (C=O) groups excluding carboxylic acids is 1. The predicted molar refractivity (Wildman–Crippen MR) is 65.6 cm³/mol. The van der Waals surface area contributed by atoms with Crippen LogP contribution in [0.2, 0.25) is 0 Å². The molecule has 0 aromatic heterocycles. The third-order valence-corrected chi connectivity index (χ3v) is 3.71. The zero-order chi connectivity index (χ0) is 13.0. The Morgan fingerprint density at radius 1 is 1.44 bits per heavy atom. The fourth-order valence-electron chi connectivity index (χ4n) is 2.80. The lowest BCUT2D eigenvalue weighted by Gasteiger charge is -2.26. The van der Waals surface area contributed by atoms with Crippen molar-refractivity contribution in [3.63, 3.8) is 0 Å². The number of quaternary nitrogens is 1. The molecule has 0 spiro atoms. The number of hydrogen-bond donors (Lipinski definition) is 3. The van der Waals surface area contributed by atoms with Crippen LogP contribution in [0.4, 0.5) is 0 Å². The van der Waals surface area contributed by atoms with Gasteiger partial charge in [-0.25, -0.2) is 5.84 Å². The summed E-state index contributed by atoms with van der Waals surface area (Å²) in [7, 11) is 0. The molecule has 0 aliphatic carbocycles. The Kier molecular flexibility index (Phi) is 4.55. The van der Waals surface area contributed by atoms with Crippen molar-refractivity contribution in [1.82, 2.24) is 5.43 Å². The summed E-state index contributed by atoms with van der Waals surface area (Å²) in [5.41, 5.74) is 2.11. The number of hydrazine groups is 1. The number of likely N-dealkylation sites (tertiary alicyclic amines) is 1. The van der Waals surface area contributed by atoms with E-state index in [1.165, 1.54) is 32.4 Å². The smallest absolute Gasteiger partial charge is 0.239 e. The topological polar surface area (TPSA) is 78.0 Å². The lowest BCUT2D eigenvalue weighted by atomic mass is 10.1. The summed E-state index contributed by atoms with van der Waals surface area (Å²) in [4.78, 5) is 12.9. The van der Waals surface area contributed by atoms with Gasteiger partial charge in [-0.05, 0) is 26.2 Å². The summed E-state index contributed by atoms with van der Waals surface area (Å²) in [6, 6.07) is 0. The van der Waals surface area contributed by atoms with Gasteiger partial charge in [0.05, 0.1) is 26.1 Å². The van der Waals surface area contributed by atoms with Crippen LogP contribution in [0.3, 0.4) is 0 Å². The van der Waals surface area contributed by atoms with Crippen molar-refractivity contribution in [2.24, 2.45) is 5.84 Å². The molecule has 0 aromatic rings. The lowest BCUT2D eigenvalue weighted by molar-refractivity contribution is -0.907. The first kappa shape index (κ1) is 13.7. The summed E-state index contributed by atoms with van der Waals surface area (Å²) in [6.45, 7) is 5.78. The third kappa shape index (κ3) is 3.65. The number of amides is 1. The van der Waals surface area contributed by atoms with E-state index in [9.17, 15) is 4.79 Å². The van der Waals surface area contributed by atoms with Crippen molar-refractivity contribution in [2.75, 3.05) is 26.2 Å². The fourth-order valence-corrected chi connectivity index (χ4v) is 2.80. The Labute approximate surface area is 108 Å². The van der Waals surface area contributed by atoms with Crippen molar-refractivity contribution < 1.29 is 19.2 Å². The zero-order valence-electron chi connectivity index (χ0n) is 11.0. The molecule has 0 radical (unpaired) electrons. The predicted octanol–water partition coefficient (Wildman–Crippen LogP) is -1.43. The number of carbonyl (C=O) groups is 1. The Morgan fingerprint density at radius 3 is 2.83 bits per heavy atom. The van der Waals surface area contributed by atoms with Gasteiger partial charge in [0.25, 0.3) is 0 Å². The van der Waals surface area contributed by atoms with Crippen molar-refractivity contribution in [1.29, 1.82) is 0 Å².